The van der Waals surface area contributed by atoms with Gasteiger partial charge in [-0.25, -0.2) is 9.78 Å². The lowest BCUT2D eigenvalue weighted by molar-refractivity contribution is -0.157. The highest BCUT2D eigenvalue weighted by Crippen LogP contribution is 2.36. The monoisotopic (exact) mass is 512 g/mol. The summed E-state index contributed by atoms with van der Waals surface area (Å²) in [6.07, 6.45) is 4.36. The lowest BCUT2D eigenvalue weighted by Gasteiger charge is -2.34. The lowest BCUT2D eigenvalue weighted by atomic mass is 9.77. The summed E-state index contributed by atoms with van der Waals surface area (Å²) in [7, 11) is 1.29. The molecule has 1 aromatic carbocycles. The molecule has 37 heavy (non-hydrogen) atoms. The van der Waals surface area contributed by atoms with Gasteiger partial charge in [0.05, 0.1) is 32.6 Å². The van der Waals surface area contributed by atoms with E-state index in [9.17, 15) is 19.5 Å². The van der Waals surface area contributed by atoms with E-state index in [4.69, 9.17) is 14.2 Å². The second-order valence-electron chi connectivity index (χ2n) is 11.0. The van der Waals surface area contributed by atoms with Crippen LogP contribution in [0.25, 0.3) is 10.8 Å². The van der Waals surface area contributed by atoms with E-state index in [1.54, 1.807) is 18.3 Å². The Balaban J connectivity index is 1.72. The van der Waals surface area contributed by atoms with Crippen molar-refractivity contribution in [1.82, 2.24) is 9.88 Å². The quantitative estimate of drug-likeness (QED) is 0.574. The van der Waals surface area contributed by atoms with Crippen molar-refractivity contribution >= 4 is 28.6 Å². The number of carbonyl (C=O) groups excluding carboxylic acids is 3. The van der Waals surface area contributed by atoms with Crippen molar-refractivity contribution in [2.24, 2.45) is 11.3 Å². The number of fused-ring (bicyclic) bond motifs is 3. The number of ether oxygens (including phenoxy) is 3. The van der Waals surface area contributed by atoms with E-state index < -0.39 is 35.4 Å². The molecule has 2 aliphatic heterocycles. The summed E-state index contributed by atoms with van der Waals surface area (Å²) in [5.74, 6) is -1.46. The Morgan fingerprint density at radius 1 is 1.16 bits per heavy atom. The van der Waals surface area contributed by atoms with Crippen molar-refractivity contribution in [3.05, 3.63) is 30.0 Å². The normalized spacial score (nSPS) is 23.8. The zero-order valence-corrected chi connectivity index (χ0v) is 22.0. The van der Waals surface area contributed by atoms with E-state index in [2.05, 4.69) is 4.98 Å². The highest BCUT2D eigenvalue weighted by Gasteiger charge is 2.46. The largest absolute Gasteiger partial charge is 0.507 e. The van der Waals surface area contributed by atoms with Gasteiger partial charge < -0.3 is 24.2 Å². The first-order valence-electron chi connectivity index (χ1n) is 12.9. The second kappa shape index (κ2) is 10.9. The molecule has 1 N–H and O–H groups in total. The van der Waals surface area contributed by atoms with Crippen molar-refractivity contribution in [2.75, 3.05) is 20.3 Å². The number of phenolic OH excluding ortho intramolecular Hbond substituents is 1. The fourth-order valence-corrected chi connectivity index (χ4v) is 5.16. The van der Waals surface area contributed by atoms with Crippen LogP contribution in [0.5, 0.6) is 11.6 Å². The van der Waals surface area contributed by atoms with Crippen LogP contribution in [0.2, 0.25) is 0 Å². The first-order chi connectivity index (χ1) is 17.6. The third kappa shape index (κ3) is 5.97. The van der Waals surface area contributed by atoms with Crippen molar-refractivity contribution in [2.45, 2.75) is 71.4 Å². The number of hydrogen-bond acceptors (Lipinski definition) is 8. The predicted molar refractivity (Wildman–Crippen MR) is 136 cm³/mol. The van der Waals surface area contributed by atoms with Gasteiger partial charge in [0.25, 0.3) is 0 Å². The molecule has 1 fully saturated rings. The number of carbonyl (C=O) groups is 3. The number of nitrogens with zero attached hydrogens (tertiary/aromatic N) is 2. The molecular formula is C28H36N2O7. The number of cyclic esters (lactones) is 1. The Kier molecular flexibility index (Phi) is 7.90. The average Bonchev–Trinajstić information content (AvgIpc) is 3.27. The summed E-state index contributed by atoms with van der Waals surface area (Å²) in [5.41, 5.74) is 0.409. The molecule has 9 nitrogen and oxygen atoms in total. The van der Waals surface area contributed by atoms with Gasteiger partial charge in [-0.3, -0.25) is 9.59 Å². The Morgan fingerprint density at radius 3 is 2.68 bits per heavy atom. The van der Waals surface area contributed by atoms with Crippen molar-refractivity contribution in [3.63, 3.8) is 0 Å². The average molecular weight is 513 g/mol. The summed E-state index contributed by atoms with van der Waals surface area (Å²) in [6, 6.07) is 4.60. The fourth-order valence-electron chi connectivity index (χ4n) is 5.16. The Hall–Kier alpha value is -3.36. The van der Waals surface area contributed by atoms with Gasteiger partial charge in [0, 0.05) is 23.4 Å². The van der Waals surface area contributed by atoms with Gasteiger partial charge in [-0.05, 0) is 54.9 Å². The van der Waals surface area contributed by atoms with Crippen LogP contribution in [0.15, 0.2) is 24.4 Å². The molecule has 4 bridgehead atoms. The van der Waals surface area contributed by atoms with Gasteiger partial charge in [-0.15, -0.1) is 0 Å². The smallest absolute Gasteiger partial charge is 0.328 e. The van der Waals surface area contributed by atoms with Gasteiger partial charge in [0.2, 0.25) is 11.8 Å². The van der Waals surface area contributed by atoms with Crippen LogP contribution >= 0.6 is 0 Å². The number of aromatic hydroxyl groups is 1. The number of amides is 1. The van der Waals surface area contributed by atoms with Crippen molar-refractivity contribution in [1.29, 1.82) is 0 Å². The summed E-state index contributed by atoms with van der Waals surface area (Å²) in [5, 5.41) is 12.0. The topological polar surface area (TPSA) is 115 Å². The van der Waals surface area contributed by atoms with Crippen LogP contribution < -0.4 is 4.74 Å². The molecule has 0 unspecified atom stereocenters. The number of phenols is 1. The Labute approximate surface area is 217 Å². The van der Waals surface area contributed by atoms with Crippen LogP contribution in [0, 0.1) is 11.3 Å². The van der Waals surface area contributed by atoms with Crippen molar-refractivity contribution in [3.8, 4) is 11.6 Å². The highest BCUT2D eigenvalue weighted by atomic mass is 16.5. The molecule has 4 rings (SSSR count). The van der Waals surface area contributed by atoms with E-state index in [1.165, 1.54) is 12.0 Å². The van der Waals surface area contributed by atoms with Gasteiger partial charge in [0.1, 0.15) is 17.9 Å². The van der Waals surface area contributed by atoms with E-state index in [1.807, 2.05) is 26.8 Å². The molecule has 9 heteroatoms. The second-order valence-corrected chi connectivity index (χ2v) is 11.0. The third-order valence-electron chi connectivity index (χ3n) is 7.27. The van der Waals surface area contributed by atoms with Crippen LogP contribution in [-0.2, 0) is 30.3 Å². The molecule has 0 spiro atoms. The SMILES string of the molecule is COC(=O)[C@@H]1C[C@@H]2CN1C(=O)[C@H](C(C)(C)C)CC(=O)OCCCCCc1cc(O)c3ccnc(c3c1)O2. The summed E-state index contributed by atoms with van der Waals surface area (Å²) >= 11 is 0. The van der Waals surface area contributed by atoms with E-state index in [0.717, 1.165) is 24.8 Å². The van der Waals surface area contributed by atoms with E-state index in [-0.39, 0.29) is 37.6 Å². The third-order valence-corrected chi connectivity index (χ3v) is 7.27. The number of methoxy groups -OCH3 is 1. The summed E-state index contributed by atoms with van der Waals surface area (Å²) in [6.45, 7) is 6.12. The van der Waals surface area contributed by atoms with Crippen LogP contribution in [0.1, 0.15) is 58.4 Å². The first-order valence-corrected chi connectivity index (χ1v) is 12.9. The van der Waals surface area contributed by atoms with Gasteiger partial charge in [0.15, 0.2) is 0 Å². The zero-order chi connectivity index (χ0) is 26.7. The minimum absolute atomic E-state index is 0.0665. The number of esters is 2. The number of benzene rings is 1. The molecule has 3 atom stereocenters. The summed E-state index contributed by atoms with van der Waals surface area (Å²) in [4.78, 5) is 45.1. The first kappa shape index (κ1) is 26.7. The van der Waals surface area contributed by atoms with Crippen LogP contribution in [0.3, 0.4) is 0 Å². The minimum Gasteiger partial charge on any atom is -0.507 e. The Morgan fingerprint density at radius 2 is 1.95 bits per heavy atom. The van der Waals surface area contributed by atoms with Gasteiger partial charge >= 0.3 is 11.9 Å². The van der Waals surface area contributed by atoms with Gasteiger partial charge in [-0.2, -0.15) is 0 Å². The maximum absolute atomic E-state index is 13.8. The Bertz CT molecular complexity index is 1170. The molecule has 2 aromatic rings. The van der Waals surface area contributed by atoms with Crippen LogP contribution in [0.4, 0.5) is 0 Å². The van der Waals surface area contributed by atoms with E-state index >= 15 is 0 Å². The minimum atomic E-state index is -0.843. The maximum Gasteiger partial charge on any atom is 0.328 e. The molecular weight excluding hydrogens is 476 g/mol. The maximum atomic E-state index is 13.8. The highest BCUT2D eigenvalue weighted by molar-refractivity contribution is 5.92. The molecule has 1 saturated heterocycles. The molecule has 2 aliphatic rings. The zero-order valence-electron chi connectivity index (χ0n) is 22.0. The van der Waals surface area contributed by atoms with Crippen LogP contribution in [-0.4, -0.2) is 65.2 Å². The molecule has 0 saturated carbocycles. The van der Waals surface area contributed by atoms with E-state index in [0.29, 0.717) is 23.1 Å². The predicted octanol–water partition coefficient (Wildman–Crippen LogP) is 3.78. The van der Waals surface area contributed by atoms with Gasteiger partial charge in [-0.1, -0.05) is 20.8 Å². The lowest BCUT2D eigenvalue weighted by Crippen LogP contribution is -2.47. The standard InChI is InChI=1S/C28H36N2O7/c1-28(2,3)21-15-24(32)36-11-7-5-6-8-17-12-20-19(23(31)13-17)9-10-29-25(20)37-18-14-22(27(34)35-4)30(16-18)26(21)33/h9-10,12-13,18,21-22,31H,5-8,11,14-16H2,1-4H3/t18-,21-,22+/m1/s1. The number of hydrogen-bond donors (Lipinski definition) is 1. The molecule has 1 amide bonds. The molecule has 3 heterocycles. The number of aromatic nitrogens is 1. The molecule has 200 valence electrons. The summed E-state index contributed by atoms with van der Waals surface area (Å²) < 4.78 is 16.7. The van der Waals surface area contributed by atoms with Crippen molar-refractivity contribution < 1.29 is 33.7 Å². The number of aryl methyl sites for hydroxylation is 1. The molecule has 0 radical (unpaired) electrons. The fraction of sp³-hybridized carbons (Fsp3) is 0.571. The molecule has 1 aromatic heterocycles. The number of rotatable bonds is 1. The molecule has 0 aliphatic carbocycles. The number of pyridine rings is 1.